The number of aromatic carboxylic acids is 1. The second-order valence-corrected chi connectivity index (χ2v) is 5.96. The number of thiophene rings is 1. The highest BCUT2D eigenvalue weighted by molar-refractivity contribution is 7.12. The second-order valence-electron chi connectivity index (χ2n) is 4.64. The third kappa shape index (κ3) is 2.55. The molecule has 0 spiro atoms. The molecule has 1 aromatic heterocycles. The van der Waals surface area contributed by atoms with E-state index < -0.39 is 12.1 Å². The maximum Gasteiger partial charge on any atom is 0.336 e. The Balaban J connectivity index is 2.61. The molecule has 4 heteroatoms. The highest BCUT2D eigenvalue weighted by atomic mass is 32.1. The number of carbonyl (C=O) groups is 1. The number of hydrogen-bond acceptors (Lipinski definition) is 3. The summed E-state index contributed by atoms with van der Waals surface area (Å²) in [5.41, 5.74) is 2.16. The van der Waals surface area contributed by atoms with E-state index >= 15 is 0 Å². The summed E-state index contributed by atoms with van der Waals surface area (Å²) in [6.45, 7) is 5.53. The Bertz CT molecular complexity index is 628. The molecule has 0 aliphatic rings. The average molecular weight is 276 g/mol. The first kappa shape index (κ1) is 13.8. The first-order valence-corrected chi connectivity index (χ1v) is 6.81. The lowest BCUT2D eigenvalue weighted by atomic mass is 9.92. The lowest BCUT2D eigenvalue weighted by Gasteiger charge is -2.17. The van der Waals surface area contributed by atoms with Gasteiger partial charge in [0.1, 0.15) is 6.10 Å². The van der Waals surface area contributed by atoms with Gasteiger partial charge < -0.3 is 10.2 Å². The van der Waals surface area contributed by atoms with Crippen LogP contribution in [0.5, 0.6) is 0 Å². The number of aliphatic hydroxyl groups is 1. The summed E-state index contributed by atoms with van der Waals surface area (Å²) in [7, 11) is 0. The molecule has 0 fully saturated rings. The van der Waals surface area contributed by atoms with Gasteiger partial charge in [-0.2, -0.15) is 0 Å². The maximum atomic E-state index is 11.4. The molecule has 0 radical (unpaired) electrons. The van der Waals surface area contributed by atoms with Crippen LogP contribution in [0.25, 0.3) is 0 Å². The van der Waals surface area contributed by atoms with Gasteiger partial charge in [-0.15, -0.1) is 11.3 Å². The fraction of sp³-hybridized carbons (Fsp3) is 0.267. The van der Waals surface area contributed by atoms with Crippen molar-refractivity contribution >= 4 is 17.3 Å². The molecule has 1 atom stereocenters. The molecular weight excluding hydrogens is 260 g/mol. The summed E-state index contributed by atoms with van der Waals surface area (Å²) in [5.74, 6) is -0.997. The number of carboxylic acid groups (broad SMARTS) is 1. The minimum absolute atomic E-state index is 0.207. The van der Waals surface area contributed by atoms with Gasteiger partial charge in [0.15, 0.2) is 0 Å². The molecule has 1 unspecified atom stereocenters. The fourth-order valence-corrected chi connectivity index (χ4v) is 3.09. The number of aliphatic hydroxyl groups excluding tert-OH is 1. The van der Waals surface area contributed by atoms with E-state index in [9.17, 15) is 15.0 Å². The maximum absolute atomic E-state index is 11.4. The van der Waals surface area contributed by atoms with Crippen LogP contribution in [-0.4, -0.2) is 16.2 Å². The summed E-state index contributed by atoms with van der Waals surface area (Å²) in [5, 5.41) is 19.9. The van der Waals surface area contributed by atoms with Crippen LogP contribution in [0.2, 0.25) is 0 Å². The monoisotopic (exact) mass is 276 g/mol. The van der Waals surface area contributed by atoms with Crippen LogP contribution in [0.4, 0.5) is 0 Å². The zero-order chi connectivity index (χ0) is 14.2. The fourth-order valence-electron chi connectivity index (χ4n) is 2.21. The van der Waals surface area contributed by atoms with Crippen molar-refractivity contribution in [2.24, 2.45) is 0 Å². The van der Waals surface area contributed by atoms with Gasteiger partial charge in [-0.3, -0.25) is 0 Å². The molecule has 0 bridgehead atoms. The summed E-state index contributed by atoms with van der Waals surface area (Å²) < 4.78 is 0. The standard InChI is InChI=1S/C15H16O3S/c1-8-4-5-9(2)13(15(17)18)12(8)14(16)11-7-6-10(3)19-11/h4-7,14,16H,1-3H3,(H,17,18). The Morgan fingerprint density at radius 3 is 2.26 bits per heavy atom. The Labute approximate surface area is 116 Å². The Kier molecular flexibility index (Phi) is 3.73. The SMILES string of the molecule is Cc1ccc(C(O)c2c(C)ccc(C)c2C(=O)O)s1. The minimum Gasteiger partial charge on any atom is -0.478 e. The normalized spacial score (nSPS) is 12.4. The molecule has 0 aliphatic carbocycles. The number of carboxylic acids is 1. The third-order valence-corrected chi connectivity index (χ3v) is 4.24. The molecule has 0 saturated carbocycles. The van der Waals surface area contributed by atoms with Gasteiger partial charge in [-0.25, -0.2) is 4.79 Å². The van der Waals surface area contributed by atoms with E-state index in [1.54, 1.807) is 13.0 Å². The van der Waals surface area contributed by atoms with E-state index in [-0.39, 0.29) is 5.56 Å². The topological polar surface area (TPSA) is 57.5 Å². The van der Waals surface area contributed by atoms with Crippen LogP contribution in [-0.2, 0) is 0 Å². The van der Waals surface area contributed by atoms with Gasteiger partial charge >= 0.3 is 5.97 Å². The van der Waals surface area contributed by atoms with Crippen molar-refractivity contribution in [2.75, 3.05) is 0 Å². The first-order valence-electron chi connectivity index (χ1n) is 5.99. The molecule has 2 N–H and O–H groups in total. The number of benzene rings is 1. The van der Waals surface area contributed by atoms with Gasteiger partial charge in [-0.05, 0) is 44.0 Å². The van der Waals surface area contributed by atoms with Crippen LogP contribution >= 0.6 is 11.3 Å². The molecule has 3 nitrogen and oxygen atoms in total. The van der Waals surface area contributed by atoms with E-state index in [2.05, 4.69) is 0 Å². The lowest BCUT2D eigenvalue weighted by Crippen LogP contribution is -2.11. The molecule has 0 aliphatic heterocycles. The van der Waals surface area contributed by atoms with Gasteiger partial charge in [-0.1, -0.05) is 12.1 Å². The molecule has 2 rings (SSSR count). The molecule has 1 heterocycles. The predicted molar refractivity (Wildman–Crippen MR) is 76.0 cm³/mol. The molecule has 2 aromatic rings. The summed E-state index contributed by atoms with van der Waals surface area (Å²) in [4.78, 5) is 13.3. The van der Waals surface area contributed by atoms with Gasteiger partial charge in [0.05, 0.1) is 5.56 Å². The van der Waals surface area contributed by atoms with Crippen molar-refractivity contribution in [3.8, 4) is 0 Å². The number of aryl methyl sites for hydroxylation is 3. The Morgan fingerprint density at radius 1 is 1.11 bits per heavy atom. The number of rotatable bonds is 3. The van der Waals surface area contributed by atoms with E-state index in [4.69, 9.17) is 0 Å². The molecule has 19 heavy (non-hydrogen) atoms. The van der Waals surface area contributed by atoms with E-state index in [0.717, 1.165) is 15.3 Å². The molecule has 0 saturated heterocycles. The van der Waals surface area contributed by atoms with Crippen LogP contribution in [0.3, 0.4) is 0 Å². The average Bonchev–Trinajstić information content (AvgIpc) is 2.77. The van der Waals surface area contributed by atoms with Crippen molar-refractivity contribution in [1.82, 2.24) is 0 Å². The van der Waals surface area contributed by atoms with Crippen molar-refractivity contribution < 1.29 is 15.0 Å². The van der Waals surface area contributed by atoms with Crippen molar-refractivity contribution in [3.05, 3.63) is 56.3 Å². The highest BCUT2D eigenvalue weighted by Crippen LogP contribution is 2.33. The van der Waals surface area contributed by atoms with Crippen LogP contribution in [0.15, 0.2) is 24.3 Å². The van der Waals surface area contributed by atoms with E-state index in [0.29, 0.717) is 11.1 Å². The van der Waals surface area contributed by atoms with Gasteiger partial charge in [0, 0.05) is 15.3 Å². The molecule has 0 amide bonds. The Morgan fingerprint density at radius 2 is 1.74 bits per heavy atom. The minimum atomic E-state index is -0.997. The summed E-state index contributed by atoms with van der Waals surface area (Å²) >= 11 is 1.48. The third-order valence-electron chi connectivity index (χ3n) is 3.19. The number of hydrogen-bond donors (Lipinski definition) is 2. The summed E-state index contributed by atoms with van der Waals surface area (Å²) in [6.07, 6.45) is -0.885. The lowest BCUT2D eigenvalue weighted by molar-refractivity contribution is 0.0690. The predicted octanol–water partition coefficient (Wildman–Crippen LogP) is 3.45. The van der Waals surface area contributed by atoms with Crippen molar-refractivity contribution in [1.29, 1.82) is 0 Å². The zero-order valence-corrected chi connectivity index (χ0v) is 11.9. The quantitative estimate of drug-likeness (QED) is 0.902. The van der Waals surface area contributed by atoms with Gasteiger partial charge in [0.2, 0.25) is 0 Å². The summed E-state index contributed by atoms with van der Waals surface area (Å²) in [6, 6.07) is 7.39. The van der Waals surface area contributed by atoms with Gasteiger partial charge in [0.25, 0.3) is 0 Å². The largest absolute Gasteiger partial charge is 0.478 e. The molecule has 1 aromatic carbocycles. The van der Waals surface area contributed by atoms with Crippen molar-refractivity contribution in [2.45, 2.75) is 26.9 Å². The van der Waals surface area contributed by atoms with Crippen LogP contribution in [0.1, 0.15) is 42.9 Å². The van der Waals surface area contributed by atoms with Crippen LogP contribution in [0, 0.1) is 20.8 Å². The Hall–Kier alpha value is -1.65. The van der Waals surface area contributed by atoms with E-state index in [1.165, 1.54) is 11.3 Å². The first-order chi connectivity index (χ1) is 8.91. The van der Waals surface area contributed by atoms with Crippen molar-refractivity contribution in [3.63, 3.8) is 0 Å². The molecular formula is C15H16O3S. The highest BCUT2D eigenvalue weighted by Gasteiger charge is 2.23. The van der Waals surface area contributed by atoms with E-state index in [1.807, 2.05) is 32.0 Å². The smallest absolute Gasteiger partial charge is 0.336 e. The van der Waals surface area contributed by atoms with Crippen LogP contribution < -0.4 is 0 Å². The zero-order valence-electron chi connectivity index (χ0n) is 11.1. The second kappa shape index (κ2) is 5.15. The molecule has 100 valence electrons.